The van der Waals surface area contributed by atoms with Crippen LogP contribution in [-0.4, -0.2) is 21.0 Å². The van der Waals surface area contributed by atoms with Crippen molar-refractivity contribution in [1.29, 1.82) is 0 Å². The van der Waals surface area contributed by atoms with Gasteiger partial charge in [-0.1, -0.05) is 23.4 Å². The molecule has 0 aliphatic carbocycles. The fourth-order valence-electron chi connectivity index (χ4n) is 1.79. The molecule has 0 aliphatic heterocycles. The van der Waals surface area contributed by atoms with Crippen molar-refractivity contribution in [3.63, 3.8) is 0 Å². The number of anilines is 1. The van der Waals surface area contributed by atoms with Gasteiger partial charge in [-0.25, -0.2) is 9.97 Å². The number of nitrogens with zero attached hydrogens (tertiary/aromatic N) is 3. The molecule has 1 N–H and O–H groups in total. The van der Waals surface area contributed by atoms with Gasteiger partial charge in [-0.05, 0) is 13.0 Å². The third-order valence-electron chi connectivity index (χ3n) is 2.63. The zero-order chi connectivity index (χ0) is 13.2. The summed E-state index contributed by atoms with van der Waals surface area (Å²) in [5.41, 5.74) is 1.03. The number of nitrogens with one attached hydrogen (secondary N) is 1. The number of benzene rings is 1. The number of para-hydroxylation sites is 1. The van der Waals surface area contributed by atoms with E-state index in [4.69, 9.17) is 4.52 Å². The van der Waals surface area contributed by atoms with Crippen LogP contribution >= 0.6 is 0 Å². The van der Waals surface area contributed by atoms with Crippen molar-refractivity contribution in [3.8, 4) is 0 Å². The number of hydrogen-bond acceptors (Lipinski definition) is 5. The largest absolute Gasteiger partial charge is 0.360 e. The molecule has 1 amide bonds. The molecule has 0 bridgehead atoms. The van der Waals surface area contributed by atoms with Crippen LogP contribution in [0.2, 0.25) is 0 Å². The predicted octanol–water partition coefficient (Wildman–Crippen LogP) is 2.18. The second kappa shape index (κ2) is 4.49. The lowest BCUT2D eigenvalue weighted by atomic mass is 10.2. The summed E-state index contributed by atoms with van der Waals surface area (Å²) < 4.78 is 4.89. The molecule has 19 heavy (non-hydrogen) atoms. The molecule has 0 saturated heterocycles. The smallest absolute Gasteiger partial charge is 0.276 e. The molecule has 0 aliphatic rings. The van der Waals surface area contributed by atoms with E-state index in [1.807, 2.05) is 18.2 Å². The maximum atomic E-state index is 12.2. The van der Waals surface area contributed by atoms with Crippen LogP contribution in [0.1, 0.15) is 16.2 Å². The Morgan fingerprint density at radius 1 is 1.26 bits per heavy atom. The Hall–Kier alpha value is -2.76. The van der Waals surface area contributed by atoms with E-state index in [0.717, 1.165) is 5.52 Å². The van der Waals surface area contributed by atoms with Crippen LogP contribution in [0.3, 0.4) is 0 Å². The van der Waals surface area contributed by atoms with Crippen molar-refractivity contribution in [2.75, 3.05) is 5.32 Å². The summed E-state index contributed by atoms with van der Waals surface area (Å²) in [6.07, 6.45) is 1.37. The normalized spacial score (nSPS) is 10.6. The molecule has 0 fully saturated rings. The topological polar surface area (TPSA) is 80.9 Å². The van der Waals surface area contributed by atoms with Gasteiger partial charge in [-0.15, -0.1) is 0 Å². The molecule has 2 heterocycles. The van der Waals surface area contributed by atoms with Crippen LogP contribution in [0.15, 0.2) is 41.2 Å². The quantitative estimate of drug-likeness (QED) is 0.758. The van der Waals surface area contributed by atoms with E-state index in [0.29, 0.717) is 22.7 Å². The molecule has 0 spiro atoms. The summed E-state index contributed by atoms with van der Waals surface area (Å²) in [7, 11) is 0. The molecule has 2 aromatic heterocycles. The fourth-order valence-corrected chi connectivity index (χ4v) is 1.79. The third kappa shape index (κ3) is 2.15. The second-order valence-electron chi connectivity index (χ2n) is 4.02. The molecule has 0 unspecified atom stereocenters. The van der Waals surface area contributed by atoms with E-state index in [1.165, 1.54) is 6.33 Å². The average molecular weight is 254 g/mol. The standard InChI is InChI=1S/C13H10N4O2/c1-8-6-11(17-19-8)16-13(18)12-9-4-2-3-5-10(9)14-7-15-12/h2-7H,1H3,(H,16,17,18). The highest BCUT2D eigenvalue weighted by Gasteiger charge is 2.13. The lowest BCUT2D eigenvalue weighted by Crippen LogP contribution is -2.14. The van der Waals surface area contributed by atoms with Crippen LogP contribution in [0.4, 0.5) is 5.82 Å². The Morgan fingerprint density at radius 2 is 2.11 bits per heavy atom. The van der Waals surface area contributed by atoms with E-state index >= 15 is 0 Å². The van der Waals surface area contributed by atoms with E-state index in [2.05, 4.69) is 20.4 Å². The molecular weight excluding hydrogens is 244 g/mol. The highest BCUT2D eigenvalue weighted by molar-refractivity contribution is 6.10. The van der Waals surface area contributed by atoms with Crippen LogP contribution in [0.25, 0.3) is 10.9 Å². The Morgan fingerprint density at radius 3 is 2.89 bits per heavy atom. The van der Waals surface area contributed by atoms with Gasteiger partial charge in [0.25, 0.3) is 5.91 Å². The molecule has 3 aromatic rings. The molecule has 1 aromatic carbocycles. The minimum absolute atomic E-state index is 0.311. The minimum atomic E-state index is -0.341. The lowest BCUT2D eigenvalue weighted by Gasteiger charge is -2.03. The van der Waals surface area contributed by atoms with Crippen LogP contribution in [-0.2, 0) is 0 Å². The lowest BCUT2D eigenvalue weighted by molar-refractivity contribution is 0.102. The highest BCUT2D eigenvalue weighted by Crippen LogP contribution is 2.15. The molecule has 94 valence electrons. The Kier molecular flexibility index (Phi) is 2.68. The van der Waals surface area contributed by atoms with Gasteiger partial charge in [-0.3, -0.25) is 4.79 Å². The molecule has 6 heteroatoms. The van der Waals surface area contributed by atoms with Crippen LogP contribution < -0.4 is 5.32 Å². The van der Waals surface area contributed by atoms with Gasteiger partial charge in [0.05, 0.1) is 5.52 Å². The summed E-state index contributed by atoms with van der Waals surface area (Å²) in [6.45, 7) is 1.75. The van der Waals surface area contributed by atoms with Crippen molar-refractivity contribution >= 4 is 22.6 Å². The zero-order valence-corrected chi connectivity index (χ0v) is 10.1. The van der Waals surface area contributed by atoms with Crippen molar-refractivity contribution in [2.24, 2.45) is 0 Å². The van der Waals surface area contributed by atoms with E-state index in [9.17, 15) is 4.79 Å². The number of rotatable bonds is 2. The number of carbonyl (C=O) groups excluding carboxylic acids is 1. The Labute approximate surface area is 108 Å². The van der Waals surface area contributed by atoms with Gasteiger partial charge >= 0.3 is 0 Å². The first-order chi connectivity index (χ1) is 9.24. The van der Waals surface area contributed by atoms with Gasteiger partial charge < -0.3 is 9.84 Å². The number of amides is 1. The number of aryl methyl sites for hydroxylation is 1. The molecule has 0 radical (unpaired) electrons. The first-order valence-electron chi connectivity index (χ1n) is 5.68. The minimum Gasteiger partial charge on any atom is -0.360 e. The summed E-state index contributed by atoms with van der Waals surface area (Å²) in [5.74, 6) is 0.653. The van der Waals surface area contributed by atoms with Gasteiger partial charge in [-0.2, -0.15) is 0 Å². The number of carbonyl (C=O) groups is 1. The molecule has 0 saturated carbocycles. The summed E-state index contributed by atoms with van der Waals surface area (Å²) in [4.78, 5) is 20.3. The Bertz CT molecular complexity index is 746. The molecule has 0 atom stereocenters. The van der Waals surface area contributed by atoms with E-state index in [1.54, 1.807) is 19.1 Å². The molecular formula is C13H10N4O2. The third-order valence-corrected chi connectivity index (χ3v) is 2.63. The second-order valence-corrected chi connectivity index (χ2v) is 4.02. The molecule has 3 rings (SSSR count). The molecule has 6 nitrogen and oxygen atoms in total. The monoisotopic (exact) mass is 254 g/mol. The van der Waals surface area contributed by atoms with Crippen LogP contribution in [0.5, 0.6) is 0 Å². The van der Waals surface area contributed by atoms with Gasteiger partial charge in [0.1, 0.15) is 17.8 Å². The number of hydrogen-bond donors (Lipinski definition) is 1. The first-order valence-corrected chi connectivity index (χ1v) is 5.68. The SMILES string of the molecule is Cc1cc(NC(=O)c2ncnc3ccccc23)no1. The summed E-state index contributed by atoms with van der Waals surface area (Å²) in [5, 5.41) is 7.05. The zero-order valence-electron chi connectivity index (χ0n) is 10.1. The van der Waals surface area contributed by atoms with Gasteiger partial charge in [0.15, 0.2) is 5.82 Å². The van der Waals surface area contributed by atoms with Crippen molar-refractivity contribution < 1.29 is 9.32 Å². The van der Waals surface area contributed by atoms with E-state index in [-0.39, 0.29) is 5.91 Å². The first kappa shape index (κ1) is 11.3. The number of fused-ring (bicyclic) bond motifs is 1. The maximum Gasteiger partial charge on any atom is 0.276 e. The fraction of sp³-hybridized carbons (Fsp3) is 0.0769. The van der Waals surface area contributed by atoms with Crippen molar-refractivity contribution in [3.05, 3.63) is 48.1 Å². The summed E-state index contributed by atoms with van der Waals surface area (Å²) >= 11 is 0. The average Bonchev–Trinajstić information content (AvgIpc) is 2.83. The van der Waals surface area contributed by atoms with Gasteiger partial charge in [0.2, 0.25) is 0 Å². The Balaban J connectivity index is 1.97. The predicted molar refractivity (Wildman–Crippen MR) is 68.7 cm³/mol. The summed E-state index contributed by atoms with van der Waals surface area (Å²) in [6, 6.07) is 8.97. The van der Waals surface area contributed by atoms with Crippen LogP contribution in [0, 0.1) is 6.92 Å². The maximum absolute atomic E-state index is 12.2. The number of aromatic nitrogens is 3. The van der Waals surface area contributed by atoms with Crippen molar-refractivity contribution in [1.82, 2.24) is 15.1 Å². The van der Waals surface area contributed by atoms with Crippen molar-refractivity contribution in [2.45, 2.75) is 6.92 Å². The highest BCUT2D eigenvalue weighted by atomic mass is 16.5. The van der Waals surface area contributed by atoms with Gasteiger partial charge in [0, 0.05) is 11.5 Å². The van der Waals surface area contributed by atoms with E-state index < -0.39 is 0 Å².